The normalized spacial score (nSPS) is 10.9. The second-order valence-electron chi connectivity index (χ2n) is 6.97. The van der Waals surface area contributed by atoms with Gasteiger partial charge in [0.1, 0.15) is 5.75 Å². The van der Waals surface area contributed by atoms with Gasteiger partial charge < -0.3 is 14.1 Å². The lowest BCUT2D eigenvalue weighted by Crippen LogP contribution is -2.27. The molecule has 1 amide bonds. The Kier molecular flexibility index (Phi) is 6.58. The first kappa shape index (κ1) is 21.4. The number of halogens is 1. The molecule has 1 aromatic heterocycles. The molecule has 6 nitrogen and oxygen atoms in total. The minimum absolute atomic E-state index is 0.0120. The Bertz CT molecular complexity index is 1230. The minimum Gasteiger partial charge on any atom is -0.497 e. The Morgan fingerprint density at radius 1 is 1.10 bits per heavy atom. The van der Waals surface area contributed by atoms with E-state index in [0.717, 1.165) is 32.1 Å². The van der Waals surface area contributed by atoms with Gasteiger partial charge in [0.2, 0.25) is 11.8 Å². The molecule has 4 rings (SSSR count). The van der Waals surface area contributed by atoms with Crippen molar-refractivity contribution < 1.29 is 13.9 Å². The van der Waals surface area contributed by atoms with E-state index < -0.39 is 0 Å². The predicted molar refractivity (Wildman–Crippen MR) is 125 cm³/mol. The number of nitrogens with zero attached hydrogens (tertiary/aromatic N) is 3. The van der Waals surface area contributed by atoms with Crippen molar-refractivity contribution in [3.8, 4) is 17.2 Å². The second-order valence-corrected chi connectivity index (χ2v) is 8.81. The molecule has 0 atom stereocenters. The molecule has 0 fully saturated rings. The minimum atomic E-state index is -0.0120. The number of hydrogen-bond donors (Lipinski definition) is 0. The highest BCUT2D eigenvalue weighted by atomic mass is 79.9. The summed E-state index contributed by atoms with van der Waals surface area (Å²) in [5.41, 5.74) is 1.89. The fourth-order valence-corrected chi connectivity index (χ4v) is 4.20. The highest BCUT2D eigenvalue weighted by Crippen LogP contribution is 2.26. The van der Waals surface area contributed by atoms with Gasteiger partial charge in [-0.3, -0.25) is 4.79 Å². The summed E-state index contributed by atoms with van der Waals surface area (Å²) < 4.78 is 11.9. The molecule has 158 valence electrons. The average Bonchev–Trinajstić information content (AvgIpc) is 3.26. The first-order chi connectivity index (χ1) is 15.0. The highest BCUT2D eigenvalue weighted by Gasteiger charge is 2.14. The van der Waals surface area contributed by atoms with Crippen LogP contribution in [0.5, 0.6) is 5.75 Å². The zero-order chi connectivity index (χ0) is 21.8. The average molecular weight is 498 g/mol. The molecule has 0 saturated heterocycles. The van der Waals surface area contributed by atoms with Crippen LogP contribution in [0.4, 0.5) is 0 Å². The van der Waals surface area contributed by atoms with Gasteiger partial charge >= 0.3 is 0 Å². The number of thioether (sulfide) groups is 1. The zero-order valence-electron chi connectivity index (χ0n) is 17.0. The fraction of sp³-hybridized carbons (Fsp3) is 0.174. The molecule has 1 heterocycles. The number of methoxy groups -OCH3 is 1. The van der Waals surface area contributed by atoms with Crippen LogP contribution in [0.25, 0.3) is 22.2 Å². The molecule has 0 bridgehead atoms. The molecule has 31 heavy (non-hydrogen) atoms. The van der Waals surface area contributed by atoms with Gasteiger partial charge in [0.05, 0.1) is 12.9 Å². The third-order valence-corrected chi connectivity index (χ3v) is 6.05. The first-order valence-electron chi connectivity index (χ1n) is 9.55. The number of ether oxygens (including phenoxy) is 1. The summed E-state index contributed by atoms with van der Waals surface area (Å²) in [6, 6.07) is 19.7. The number of fused-ring (bicyclic) bond motifs is 1. The van der Waals surface area contributed by atoms with E-state index in [1.165, 1.54) is 11.8 Å². The van der Waals surface area contributed by atoms with Crippen molar-refractivity contribution in [2.75, 3.05) is 19.9 Å². The van der Waals surface area contributed by atoms with E-state index >= 15 is 0 Å². The summed E-state index contributed by atoms with van der Waals surface area (Å²) in [7, 11) is 3.45. The third-order valence-electron chi connectivity index (χ3n) is 4.75. The van der Waals surface area contributed by atoms with Gasteiger partial charge in [-0.1, -0.05) is 52.0 Å². The van der Waals surface area contributed by atoms with Crippen molar-refractivity contribution in [3.05, 3.63) is 70.7 Å². The van der Waals surface area contributed by atoms with Gasteiger partial charge in [0, 0.05) is 23.6 Å². The molecule has 4 aromatic rings. The molecule has 0 spiro atoms. The van der Waals surface area contributed by atoms with Crippen molar-refractivity contribution in [1.82, 2.24) is 15.1 Å². The Balaban J connectivity index is 1.35. The summed E-state index contributed by atoms with van der Waals surface area (Å²) in [5.74, 6) is 1.47. The molecule has 0 N–H and O–H groups in total. The highest BCUT2D eigenvalue weighted by molar-refractivity contribution is 9.10. The Hall–Kier alpha value is -2.84. The number of carbonyl (C=O) groups excluding carboxylic acids is 1. The number of amides is 1. The van der Waals surface area contributed by atoms with Gasteiger partial charge in [-0.25, -0.2) is 0 Å². The summed E-state index contributed by atoms with van der Waals surface area (Å²) in [4.78, 5) is 14.3. The third kappa shape index (κ3) is 5.26. The topological polar surface area (TPSA) is 68.5 Å². The molecule has 0 aliphatic carbocycles. The Labute approximate surface area is 192 Å². The van der Waals surface area contributed by atoms with E-state index in [-0.39, 0.29) is 11.7 Å². The maximum Gasteiger partial charge on any atom is 0.277 e. The lowest BCUT2D eigenvalue weighted by atomic mass is 10.1. The van der Waals surface area contributed by atoms with Gasteiger partial charge in [-0.2, -0.15) is 0 Å². The Morgan fingerprint density at radius 3 is 2.71 bits per heavy atom. The van der Waals surface area contributed by atoms with E-state index in [4.69, 9.17) is 9.15 Å². The largest absolute Gasteiger partial charge is 0.497 e. The summed E-state index contributed by atoms with van der Waals surface area (Å²) >= 11 is 4.66. The van der Waals surface area contributed by atoms with Crippen LogP contribution < -0.4 is 4.74 Å². The van der Waals surface area contributed by atoms with Crippen LogP contribution in [0.1, 0.15) is 5.56 Å². The summed E-state index contributed by atoms with van der Waals surface area (Å²) in [5, 5.41) is 10.7. The van der Waals surface area contributed by atoms with Gasteiger partial charge in [0.15, 0.2) is 0 Å². The van der Waals surface area contributed by atoms with Crippen LogP contribution in [0, 0.1) is 0 Å². The molecule has 8 heteroatoms. The van der Waals surface area contributed by atoms with Crippen LogP contribution in [0.15, 0.2) is 74.8 Å². The number of carbonyl (C=O) groups is 1. The molecule has 0 aliphatic heterocycles. The van der Waals surface area contributed by atoms with Crippen LogP contribution in [-0.4, -0.2) is 40.9 Å². The quantitative estimate of drug-likeness (QED) is 0.318. The van der Waals surface area contributed by atoms with E-state index in [1.54, 1.807) is 19.1 Å². The van der Waals surface area contributed by atoms with Crippen molar-refractivity contribution in [1.29, 1.82) is 0 Å². The van der Waals surface area contributed by atoms with Gasteiger partial charge in [-0.15, -0.1) is 10.2 Å². The number of aromatic nitrogens is 2. The van der Waals surface area contributed by atoms with Gasteiger partial charge in [0.25, 0.3) is 5.22 Å². The lowest BCUT2D eigenvalue weighted by Gasteiger charge is -2.17. The molecule has 0 unspecified atom stereocenters. The van der Waals surface area contributed by atoms with E-state index in [2.05, 4.69) is 32.2 Å². The molecular formula is C23H20BrN3O3S. The van der Waals surface area contributed by atoms with Crippen LogP contribution in [0.2, 0.25) is 0 Å². The summed E-state index contributed by atoms with van der Waals surface area (Å²) in [6.07, 6.45) is 0. The number of rotatable bonds is 7. The predicted octanol–water partition coefficient (Wildman–Crippen LogP) is 5.41. The van der Waals surface area contributed by atoms with E-state index in [9.17, 15) is 4.79 Å². The first-order valence-corrected chi connectivity index (χ1v) is 11.3. The van der Waals surface area contributed by atoms with Crippen molar-refractivity contribution >= 4 is 44.4 Å². The van der Waals surface area contributed by atoms with Crippen LogP contribution in [-0.2, 0) is 11.3 Å². The monoisotopic (exact) mass is 497 g/mol. The molecular weight excluding hydrogens is 478 g/mol. The van der Waals surface area contributed by atoms with Gasteiger partial charge in [-0.05, 0) is 52.7 Å². The number of benzene rings is 3. The van der Waals surface area contributed by atoms with Crippen molar-refractivity contribution in [2.45, 2.75) is 11.8 Å². The standard InChI is InChI=1S/C23H20BrN3O3S/c1-27(13-15-6-7-17-12-20(29-2)9-8-16(17)10-15)21(28)14-31-23-26-25-22(30-23)18-4-3-5-19(24)11-18/h3-12H,13-14H2,1-2H3. The summed E-state index contributed by atoms with van der Waals surface area (Å²) in [6.45, 7) is 0.522. The lowest BCUT2D eigenvalue weighted by molar-refractivity contribution is -0.127. The molecule has 3 aromatic carbocycles. The van der Waals surface area contributed by atoms with Crippen molar-refractivity contribution in [2.24, 2.45) is 0 Å². The fourth-order valence-electron chi connectivity index (χ4n) is 3.10. The maximum atomic E-state index is 12.6. The molecule has 0 aliphatic rings. The van der Waals surface area contributed by atoms with E-state index in [0.29, 0.717) is 17.7 Å². The smallest absolute Gasteiger partial charge is 0.277 e. The van der Waals surface area contributed by atoms with Crippen LogP contribution >= 0.6 is 27.7 Å². The number of hydrogen-bond acceptors (Lipinski definition) is 6. The maximum absolute atomic E-state index is 12.6. The second kappa shape index (κ2) is 9.53. The Morgan fingerprint density at radius 2 is 1.90 bits per heavy atom. The zero-order valence-corrected chi connectivity index (χ0v) is 19.4. The van der Waals surface area contributed by atoms with Crippen LogP contribution in [0.3, 0.4) is 0 Å². The molecule has 0 radical (unpaired) electrons. The molecule has 0 saturated carbocycles. The van der Waals surface area contributed by atoms with Crippen molar-refractivity contribution in [3.63, 3.8) is 0 Å². The SMILES string of the molecule is COc1ccc2cc(CN(C)C(=O)CSc3nnc(-c4cccc(Br)c4)o3)ccc2c1. The van der Waals surface area contributed by atoms with E-state index in [1.807, 2.05) is 54.6 Å².